The molecule has 0 aromatic heterocycles. The summed E-state index contributed by atoms with van der Waals surface area (Å²) < 4.78 is 1.23. The smallest absolute Gasteiger partial charge is 0.0295 e. The highest BCUT2D eigenvalue weighted by atomic mass is 127. The fourth-order valence-electron chi connectivity index (χ4n) is 1.24. The van der Waals surface area contributed by atoms with Crippen molar-refractivity contribution in [1.29, 1.82) is 0 Å². The minimum absolute atomic E-state index is 0.137. The molecular weight excluding hydrogens is 275 g/mol. The average molecular weight is 290 g/mol. The van der Waals surface area contributed by atoms with Crippen molar-refractivity contribution in [3.63, 3.8) is 0 Å². The van der Waals surface area contributed by atoms with Crippen molar-refractivity contribution >= 4 is 22.6 Å². The van der Waals surface area contributed by atoms with E-state index in [2.05, 4.69) is 40.8 Å². The molecule has 2 nitrogen and oxygen atoms in total. The van der Waals surface area contributed by atoms with Gasteiger partial charge < -0.3 is 11.5 Å². The Hall–Kier alpha value is -0.130. The van der Waals surface area contributed by atoms with Gasteiger partial charge in [0.2, 0.25) is 0 Å². The van der Waals surface area contributed by atoms with E-state index in [1.54, 1.807) is 0 Å². The zero-order chi connectivity index (χ0) is 9.68. The van der Waals surface area contributed by atoms with Crippen LogP contribution in [0.4, 0.5) is 0 Å². The molecule has 0 aliphatic carbocycles. The number of halogens is 1. The van der Waals surface area contributed by atoms with Gasteiger partial charge in [-0.25, -0.2) is 0 Å². The van der Waals surface area contributed by atoms with Crippen molar-refractivity contribution < 1.29 is 0 Å². The summed E-state index contributed by atoms with van der Waals surface area (Å²) in [6.45, 7) is 0.720. The molecule has 4 N–H and O–H groups in total. The van der Waals surface area contributed by atoms with Crippen LogP contribution in [0.15, 0.2) is 24.3 Å². The SMILES string of the molecule is NCCC[C@H](N)c1cccc(I)c1. The predicted molar refractivity (Wildman–Crippen MR) is 64.4 cm³/mol. The number of benzene rings is 1. The van der Waals surface area contributed by atoms with Gasteiger partial charge in [0.15, 0.2) is 0 Å². The van der Waals surface area contributed by atoms with Crippen molar-refractivity contribution in [2.45, 2.75) is 18.9 Å². The van der Waals surface area contributed by atoms with Gasteiger partial charge in [0.1, 0.15) is 0 Å². The van der Waals surface area contributed by atoms with E-state index in [1.165, 1.54) is 9.13 Å². The Kier molecular flexibility index (Phi) is 4.69. The Bertz CT molecular complexity index is 263. The van der Waals surface area contributed by atoms with Crippen LogP contribution in [0, 0.1) is 3.57 Å². The lowest BCUT2D eigenvalue weighted by atomic mass is 10.0. The number of rotatable bonds is 4. The van der Waals surface area contributed by atoms with Crippen LogP contribution in [-0.2, 0) is 0 Å². The van der Waals surface area contributed by atoms with Crippen molar-refractivity contribution in [2.75, 3.05) is 6.54 Å². The third-order valence-electron chi connectivity index (χ3n) is 2.00. The van der Waals surface area contributed by atoms with Crippen molar-refractivity contribution in [2.24, 2.45) is 11.5 Å². The van der Waals surface area contributed by atoms with Gasteiger partial charge in [0, 0.05) is 9.61 Å². The van der Waals surface area contributed by atoms with Gasteiger partial charge in [-0.2, -0.15) is 0 Å². The second-order valence-corrected chi connectivity index (χ2v) is 4.34. The third kappa shape index (κ3) is 3.62. The zero-order valence-corrected chi connectivity index (χ0v) is 9.70. The van der Waals surface area contributed by atoms with E-state index < -0.39 is 0 Å². The minimum atomic E-state index is 0.137. The molecule has 1 aromatic rings. The molecule has 0 heterocycles. The van der Waals surface area contributed by atoms with Crippen LogP contribution in [0.5, 0.6) is 0 Å². The van der Waals surface area contributed by atoms with E-state index in [0.717, 1.165) is 19.4 Å². The van der Waals surface area contributed by atoms with Gasteiger partial charge in [0.25, 0.3) is 0 Å². The highest BCUT2D eigenvalue weighted by molar-refractivity contribution is 14.1. The molecule has 0 aliphatic rings. The van der Waals surface area contributed by atoms with Crippen LogP contribution in [0.25, 0.3) is 0 Å². The Morgan fingerprint density at radius 2 is 2.15 bits per heavy atom. The molecule has 0 saturated heterocycles. The van der Waals surface area contributed by atoms with Crippen LogP contribution in [0.1, 0.15) is 24.4 Å². The first-order valence-electron chi connectivity index (χ1n) is 4.45. The Morgan fingerprint density at radius 1 is 1.38 bits per heavy atom. The van der Waals surface area contributed by atoms with Crippen LogP contribution in [0.2, 0.25) is 0 Å². The lowest BCUT2D eigenvalue weighted by molar-refractivity contribution is 0.618. The van der Waals surface area contributed by atoms with E-state index in [-0.39, 0.29) is 6.04 Å². The second kappa shape index (κ2) is 5.57. The normalized spacial score (nSPS) is 12.8. The molecule has 0 fully saturated rings. The summed E-state index contributed by atoms with van der Waals surface area (Å²) in [7, 11) is 0. The van der Waals surface area contributed by atoms with E-state index in [4.69, 9.17) is 11.5 Å². The van der Waals surface area contributed by atoms with E-state index in [9.17, 15) is 0 Å². The Balaban J connectivity index is 2.60. The highest BCUT2D eigenvalue weighted by Gasteiger charge is 2.04. The standard InChI is InChI=1S/C10H15IN2/c11-9-4-1-3-8(7-9)10(13)5-2-6-12/h1,3-4,7,10H,2,5-6,12-13H2/t10-/m0/s1. The first-order chi connectivity index (χ1) is 6.24. The van der Waals surface area contributed by atoms with Gasteiger partial charge in [-0.1, -0.05) is 12.1 Å². The molecule has 0 spiro atoms. The summed E-state index contributed by atoms with van der Waals surface area (Å²) in [5.41, 5.74) is 12.6. The first kappa shape index (κ1) is 10.9. The predicted octanol–water partition coefficient (Wildman–Crippen LogP) is 2.03. The van der Waals surface area contributed by atoms with Gasteiger partial charge >= 0.3 is 0 Å². The van der Waals surface area contributed by atoms with Crippen LogP contribution >= 0.6 is 22.6 Å². The minimum Gasteiger partial charge on any atom is -0.330 e. The monoisotopic (exact) mass is 290 g/mol. The number of nitrogens with two attached hydrogens (primary N) is 2. The van der Waals surface area contributed by atoms with Crippen molar-refractivity contribution in [1.82, 2.24) is 0 Å². The van der Waals surface area contributed by atoms with Crippen molar-refractivity contribution in [3.8, 4) is 0 Å². The number of hydrogen-bond acceptors (Lipinski definition) is 2. The number of hydrogen-bond donors (Lipinski definition) is 2. The molecule has 1 atom stereocenters. The van der Waals surface area contributed by atoms with E-state index in [1.807, 2.05) is 6.07 Å². The lowest BCUT2D eigenvalue weighted by Gasteiger charge is -2.11. The highest BCUT2D eigenvalue weighted by Crippen LogP contribution is 2.17. The lowest BCUT2D eigenvalue weighted by Crippen LogP contribution is -2.12. The maximum atomic E-state index is 5.99. The molecule has 72 valence electrons. The molecule has 0 bridgehead atoms. The molecule has 0 radical (unpaired) electrons. The fourth-order valence-corrected chi connectivity index (χ4v) is 1.81. The summed E-state index contributed by atoms with van der Waals surface area (Å²) in [6, 6.07) is 8.45. The second-order valence-electron chi connectivity index (χ2n) is 3.09. The first-order valence-corrected chi connectivity index (χ1v) is 5.53. The van der Waals surface area contributed by atoms with E-state index in [0.29, 0.717) is 0 Å². The van der Waals surface area contributed by atoms with Crippen LogP contribution in [0.3, 0.4) is 0 Å². The Morgan fingerprint density at radius 3 is 2.77 bits per heavy atom. The summed E-state index contributed by atoms with van der Waals surface area (Å²) in [5, 5.41) is 0. The quantitative estimate of drug-likeness (QED) is 0.834. The van der Waals surface area contributed by atoms with Crippen LogP contribution < -0.4 is 11.5 Å². The third-order valence-corrected chi connectivity index (χ3v) is 2.67. The Labute approximate surface area is 92.8 Å². The molecule has 1 rings (SSSR count). The van der Waals surface area contributed by atoms with Crippen LogP contribution in [-0.4, -0.2) is 6.54 Å². The van der Waals surface area contributed by atoms with Gasteiger partial charge in [-0.05, 0) is 59.7 Å². The maximum absolute atomic E-state index is 5.99. The molecule has 1 aromatic carbocycles. The summed E-state index contributed by atoms with van der Waals surface area (Å²) >= 11 is 2.30. The molecule has 0 unspecified atom stereocenters. The van der Waals surface area contributed by atoms with Gasteiger partial charge in [-0.3, -0.25) is 0 Å². The van der Waals surface area contributed by atoms with Gasteiger partial charge in [-0.15, -0.1) is 0 Å². The topological polar surface area (TPSA) is 52.0 Å². The summed E-state index contributed by atoms with van der Waals surface area (Å²) in [5.74, 6) is 0. The maximum Gasteiger partial charge on any atom is 0.0295 e. The summed E-state index contributed by atoms with van der Waals surface area (Å²) in [6.07, 6.45) is 1.96. The molecule has 13 heavy (non-hydrogen) atoms. The molecule has 0 saturated carbocycles. The molecule has 0 aliphatic heterocycles. The average Bonchev–Trinajstić information content (AvgIpc) is 2.14. The largest absolute Gasteiger partial charge is 0.330 e. The molecular formula is C10H15IN2. The zero-order valence-electron chi connectivity index (χ0n) is 7.54. The summed E-state index contributed by atoms with van der Waals surface area (Å²) in [4.78, 5) is 0. The van der Waals surface area contributed by atoms with E-state index >= 15 is 0 Å². The molecule has 0 amide bonds. The fraction of sp³-hybridized carbons (Fsp3) is 0.400. The molecule has 3 heteroatoms. The van der Waals surface area contributed by atoms with Crippen molar-refractivity contribution in [3.05, 3.63) is 33.4 Å². The van der Waals surface area contributed by atoms with Gasteiger partial charge in [0.05, 0.1) is 0 Å².